The summed E-state index contributed by atoms with van der Waals surface area (Å²) in [7, 11) is -3.58. The summed E-state index contributed by atoms with van der Waals surface area (Å²) in [5.74, 6) is 0.752. The molecule has 2 aromatic rings. The molecule has 1 aromatic carbocycles. The summed E-state index contributed by atoms with van der Waals surface area (Å²) in [6.45, 7) is 8.10. The zero-order chi connectivity index (χ0) is 22.2. The average Bonchev–Trinajstić information content (AvgIpc) is 3.25. The summed E-state index contributed by atoms with van der Waals surface area (Å²) < 4.78 is 36.2. The summed E-state index contributed by atoms with van der Waals surface area (Å²) in [5.41, 5.74) is 0.151. The van der Waals surface area contributed by atoms with Crippen LogP contribution in [0.2, 0.25) is 0 Å². The van der Waals surface area contributed by atoms with Crippen LogP contribution < -0.4 is 0 Å². The first kappa shape index (κ1) is 22.0. The van der Waals surface area contributed by atoms with Crippen LogP contribution in [0.15, 0.2) is 41.6 Å². The van der Waals surface area contributed by atoms with E-state index in [1.807, 2.05) is 37.6 Å². The lowest BCUT2D eigenvalue weighted by Crippen LogP contribution is -2.55. The molecule has 1 atom stereocenters. The number of ether oxygens (including phenoxy) is 1. The SMILES string of the molecule is CCN(CC)C(=O)[C@@H]1Cn2ccnc2C2(CCN(S(=O)(=O)c3cccc(C)c3)CC2)O1. The van der Waals surface area contributed by atoms with Crippen LogP contribution in [0.5, 0.6) is 0 Å². The van der Waals surface area contributed by atoms with Crippen molar-refractivity contribution >= 4 is 15.9 Å². The van der Waals surface area contributed by atoms with Gasteiger partial charge in [0.1, 0.15) is 11.4 Å². The van der Waals surface area contributed by atoms with Crippen molar-refractivity contribution in [3.05, 3.63) is 48.0 Å². The smallest absolute Gasteiger partial charge is 0.253 e. The van der Waals surface area contributed by atoms with E-state index in [1.54, 1.807) is 29.3 Å². The number of sulfonamides is 1. The number of benzene rings is 1. The Hall–Kier alpha value is -2.23. The number of amides is 1. The van der Waals surface area contributed by atoms with Gasteiger partial charge in [-0.25, -0.2) is 13.4 Å². The lowest BCUT2D eigenvalue weighted by Gasteiger charge is -2.45. The van der Waals surface area contributed by atoms with Gasteiger partial charge in [0.15, 0.2) is 6.10 Å². The number of nitrogens with zero attached hydrogens (tertiary/aromatic N) is 4. The van der Waals surface area contributed by atoms with Crippen molar-refractivity contribution in [2.24, 2.45) is 0 Å². The van der Waals surface area contributed by atoms with Gasteiger partial charge in [0, 0.05) is 38.6 Å². The second kappa shape index (κ2) is 8.37. The first-order valence-corrected chi connectivity index (χ1v) is 12.3. The third-order valence-electron chi connectivity index (χ3n) is 6.36. The van der Waals surface area contributed by atoms with E-state index in [9.17, 15) is 13.2 Å². The van der Waals surface area contributed by atoms with Crippen molar-refractivity contribution in [2.75, 3.05) is 26.2 Å². The lowest BCUT2D eigenvalue weighted by atomic mass is 9.89. The van der Waals surface area contributed by atoms with Crippen LogP contribution in [0.3, 0.4) is 0 Å². The van der Waals surface area contributed by atoms with Crippen molar-refractivity contribution in [3.8, 4) is 0 Å². The minimum absolute atomic E-state index is 0.0291. The number of likely N-dealkylation sites (N-methyl/N-ethyl adjacent to an activating group) is 1. The van der Waals surface area contributed by atoms with Gasteiger partial charge in [0.25, 0.3) is 5.91 Å². The molecule has 1 saturated heterocycles. The molecule has 2 aliphatic heterocycles. The molecule has 4 rings (SSSR count). The zero-order valence-electron chi connectivity index (χ0n) is 18.3. The highest BCUT2D eigenvalue weighted by Gasteiger charge is 2.49. The number of fused-ring (bicyclic) bond motifs is 2. The maximum Gasteiger partial charge on any atom is 0.253 e. The minimum Gasteiger partial charge on any atom is -0.352 e. The van der Waals surface area contributed by atoms with Gasteiger partial charge in [-0.05, 0) is 51.3 Å². The van der Waals surface area contributed by atoms with Crippen LogP contribution in [0.4, 0.5) is 0 Å². The Kier molecular flexibility index (Phi) is 5.93. The van der Waals surface area contributed by atoms with Gasteiger partial charge in [-0.1, -0.05) is 12.1 Å². The third kappa shape index (κ3) is 3.90. The number of piperidine rings is 1. The highest BCUT2D eigenvalue weighted by atomic mass is 32.2. The van der Waals surface area contributed by atoms with Gasteiger partial charge in [0.05, 0.1) is 11.4 Å². The molecule has 31 heavy (non-hydrogen) atoms. The average molecular weight is 447 g/mol. The van der Waals surface area contributed by atoms with Gasteiger partial charge in [0.2, 0.25) is 10.0 Å². The van der Waals surface area contributed by atoms with Gasteiger partial charge >= 0.3 is 0 Å². The number of carbonyl (C=O) groups is 1. The van der Waals surface area contributed by atoms with E-state index in [-0.39, 0.29) is 5.91 Å². The van der Waals surface area contributed by atoms with Crippen molar-refractivity contribution in [1.82, 2.24) is 18.8 Å². The number of aryl methyl sites for hydroxylation is 1. The van der Waals surface area contributed by atoms with Crippen LogP contribution in [0, 0.1) is 6.92 Å². The normalized spacial score (nSPS) is 21.1. The van der Waals surface area contributed by atoms with Gasteiger partial charge < -0.3 is 14.2 Å². The van der Waals surface area contributed by atoms with Crippen LogP contribution in [-0.4, -0.2) is 65.4 Å². The predicted molar refractivity (Wildman–Crippen MR) is 116 cm³/mol. The van der Waals surface area contributed by atoms with Crippen LogP contribution in [-0.2, 0) is 31.7 Å². The molecule has 0 aliphatic carbocycles. The minimum atomic E-state index is -3.58. The van der Waals surface area contributed by atoms with E-state index < -0.39 is 21.7 Å². The molecule has 1 amide bonds. The molecular weight excluding hydrogens is 416 g/mol. The Labute approximate surface area is 183 Å². The number of hydrogen-bond donors (Lipinski definition) is 0. The Morgan fingerprint density at radius 1 is 1.26 bits per heavy atom. The first-order valence-electron chi connectivity index (χ1n) is 10.9. The Balaban J connectivity index is 1.57. The summed E-state index contributed by atoms with van der Waals surface area (Å²) in [6.07, 6.45) is 3.91. The standard InChI is InChI=1S/C22H30N4O4S/c1-4-24(5-2)20(27)19-16-25-14-11-23-21(25)22(30-19)9-12-26(13-10-22)31(28,29)18-8-6-7-17(3)15-18/h6-8,11,14-15,19H,4-5,9-10,12-13,16H2,1-3H3/t19-/m0/s1. The van der Waals surface area contributed by atoms with Crippen molar-refractivity contribution < 1.29 is 17.9 Å². The van der Waals surface area contributed by atoms with E-state index in [0.29, 0.717) is 50.5 Å². The van der Waals surface area contributed by atoms with E-state index >= 15 is 0 Å². The fourth-order valence-electron chi connectivity index (χ4n) is 4.62. The molecular formula is C22H30N4O4S. The molecule has 9 heteroatoms. The molecule has 2 aliphatic rings. The van der Waals surface area contributed by atoms with Gasteiger partial charge in [-0.15, -0.1) is 0 Å². The van der Waals surface area contributed by atoms with Crippen molar-refractivity contribution in [3.63, 3.8) is 0 Å². The lowest BCUT2D eigenvalue weighted by molar-refractivity contribution is -0.178. The number of rotatable bonds is 5. The highest BCUT2D eigenvalue weighted by molar-refractivity contribution is 7.89. The predicted octanol–water partition coefficient (Wildman–Crippen LogP) is 2.14. The quantitative estimate of drug-likeness (QED) is 0.703. The monoisotopic (exact) mass is 446 g/mol. The number of hydrogen-bond acceptors (Lipinski definition) is 5. The van der Waals surface area contributed by atoms with Gasteiger partial charge in [-0.3, -0.25) is 4.79 Å². The highest BCUT2D eigenvalue weighted by Crippen LogP contribution is 2.41. The van der Waals surface area contributed by atoms with E-state index in [1.165, 1.54) is 4.31 Å². The molecule has 1 aromatic heterocycles. The molecule has 0 radical (unpaired) electrons. The number of aromatic nitrogens is 2. The van der Waals surface area contributed by atoms with E-state index in [0.717, 1.165) is 11.4 Å². The van der Waals surface area contributed by atoms with Crippen LogP contribution in [0.25, 0.3) is 0 Å². The molecule has 1 fully saturated rings. The second-order valence-electron chi connectivity index (χ2n) is 8.24. The van der Waals surface area contributed by atoms with Crippen molar-refractivity contribution in [1.29, 1.82) is 0 Å². The van der Waals surface area contributed by atoms with E-state index in [4.69, 9.17) is 4.74 Å². The summed E-state index contributed by atoms with van der Waals surface area (Å²) in [6, 6.07) is 6.97. The Morgan fingerprint density at radius 3 is 2.61 bits per heavy atom. The van der Waals surface area contributed by atoms with Gasteiger partial charge in [-0.2, -0.15) is 4.31 Å². The Bertz CT molecular complexity index is 1050. The molecule has 1 spiro atoms. The topological polar surface area (TPSA) is 84.7 Å². The molecule has 0 unspecified atom stereocenters. The summed E-state index contributed by atoms with van der Waals surface area (Å²) >= 11 is 0. The molecule has 168 valence electrons. The molecule has 0 saturated carbocycles. The number of carbonyl (C=O) groups excluding carboxylic acids is 1. The molecule has 0 bridgehead atoms. The fourth-order valence-corrected chi connectivity index (χ4v) is 6.17. The first-order chi connectivity index (χ1) is 14.8. The maximum absolute atomic E-state index is 13.1. The second-order valence-corrected chi connectivity index (χ2v) is 10.2. The Morgan fingerprint density at radius 2 is 1.97 bits per heavy atom. The molecule has 0 N–H and O–H groups in total. The maximum atomic E-state index is 13.1. The van der Waals surface area contributed by atoms with E-state index in [2.05, 4.69) is 4.98 Å². The third-order valence-corrected chi connectivity index (χ3v) is 8.26. The largest absolute Gasteiger partial charge is 0.352 e. The molecule has 8 nitrogen and oxygen atoms in total. The number of imidazole rings is 1. The summed E-state index contributed by atoms with van der Waals surface area (Å²) in [4.78, 5) is 19.6. The van der Waals surface area contributed by atoms with Crippen LogP contribution >= 0.6 is 0 Å². The summed E-state index contributed by atoms with van der Waals surface area (Å²) in [5, 5.41) is 0. The zero-order valence-corrected chi connectivity index (χ0v) is 19.1. The molecule has 3 heterocycles. The van der Waals surface area contributed by atoms with Crippen LogP contribution in [0.1, 0.15) is 38.1 Å². The fraction of sp³-hybridized carbons (Fsp3) is 0.545. The van der Waals surface area contributed by atoms with Crippen molar-refractivity contribution in [2.45, 2.75) is 56.8 Å².